The molecule has 0 saturated heterocycles. The average Bonchev–Trinajstić information content (AvgIpc) is 2.99. The van der Waals surface area contributed by atoms with Crippen LogP contribution in [0.5, 0.6) is 5.75 Å². The number of aryl methyl sites for hydroxylation is 1. The minimum Gasteiger partial charge on any atom is -0.497 e. The third-order valence-corrected chi connectivity index (χ3v) is 4.48. The molecule has 0 spiro atoms. The lowest BCUT2D eigenvalue weighted by molar-refractivity contribution is -0.119. The van der Waals surface area contributed by atoms with E-state index in [2.05, 4.69) is 31.9 Å². The zero-order valence-corrected chi connectivity index (χ0v) is 16.1. The summed E-state index contributed by atoms with van der Waals surface area (Å²) in [5, 5.41) is 4.23. The van der Waals surface area contributed by atoms with Crippen molar-refractivity contribution in [1.29, 1.82) is 0 Å². The second kappa shape index (κ2) is 8.05. The second-order valence-electron chi connectivity index (χ2n) is 5.74. The van der Waals surface area contributed by atoms with Crippen molar-refractivity contribution in [2.45, 2.75) is 6.42 Å². The first-order valence-electron chi connectivity index (χ1n) is 8.02. The number of halogens is 1. The normalized spacial score (nSPS) is 10.4. The molecule has 3 rings (SSSR count). The molecule has 0 atom stereocenters. The molecule has 1 amide bonds. The first-order chi connectivity index (χ1) is 12.6. The fourth-order valence-corrected chi connectivity index (χ4v) is 3.17. The van der Waals surface area contributed by atoms with Gasteiger partial charge in [0.15, 0.2) is 0 Å². The van der Waals surface area contributed by atoms with Gasteiger partial charge in [-0.05, 0) is 45.8 Å². The Labute approximate surface area is 160 Å². The number of hydrogen-bond donors (Lipinski definition) is 2. The number of amides is 1. The highest BCUT2D eigenvalue weighted by molar-refractivity contribution is 9.10. The second-order valence-corrected chi connectivity index (χ2v) is 6.60. The first kappa shape index (κ1) is 18.0. The smallest absolute Gasteiger partial charge is 0.242 e. The van der Waals surface area contributed by atoms with E-state index >= 15 is 0 Å². The maximum Gasteiger partial charge on any atom is 0.242 e. The van der Waals surface area contributed by atoms with Gasteiger partial charge in [-0.25, -0.2) is 0 Å². The number of nitrogens with one attached hydrogen (secondary N) is 2. The van der Waals surface area contributed by atoms with Crippen molar-refractivity contribution in [3.8, 4) is 17.0 Å². The molecule has 0 fully saturated rings. The van der Waals surface area contributed by atoms with Gasteiger partial charge in [-0.15, -0.1) is 0 Å². The van der Waals surface area contributed by atoms with Crippen molar-refractivity contribution < 1.29 is 9.53 Å². The molecule has 0 aliphatic heterocycles. The standard InChI is InChI=1S/C19H19BrN4O2/c1-24-19(17(20)12-21-24)14-4-3-5-15(11-14)22-23-18(25)10-13-6-8-16(26-2)9-7-13/h3-9,11-12,22H,10H2,1-2H3,(H,23,25). The van der Waals surface area contributed by atoms with Gasteiger partial charge in [0.05, 0.1) is 35.6 Å². The maximum absolute atomic E-state index is 12.1. The molecule has 1 aromatic heterocycles. The van der Waals surface area contributed by atoms with Gasteiger partial charge in [-0.2, -0.15) is 5.10 Å². The molecule has 0 bridgehead atoms. The third-order valence-electron chi connectivity index (χ3n) is 3.90. The highest BCUT2D eigenvalue weighted by atomic mass is 79.9. The number of methoxy groups -OCH3 is 1. The van der Waals surface area contributed by atoms with E-state index in [-0.39, 0.29) is 12.3 Å². The van der Waals surface area contributed by atoms with Gasteiger partial charge in [0, 0.05) is 12.6 Å². The van der Waals surface area contributed by atoms with Gasteiger partial charge in [0.2, 0.25) is 5.91 Å². The van der Waals surface area contributed by atoms with Crippen LogP contribution in [0.1, 0.15) is 5.56 Å². The van der Waals surface area contributed by atoms with Crippen LogP contribution in [0, 0.1) is 0 Å². The summed E-state index contributed by atoms with van der Waals surface area (Å²) in [7, 11) is 3.50. The van der Waals surface area contributed by atoms with Crippen LogP contribution < -0.4 is 15.6 Å². The minimum atomic E-state index is -0.123. The van der Waals surface area contributed by atoms with Gasteiger partial charge >= 0.3 is 0 Å². The van der Waals surface area contributed by atoms with E-state index in [1.165, 1.54) is 0 Å². The van der Waals surface area contributed by atoms with E-state index in [4.69, 9.17) is 4.74 Å². The van der Waals surface area contributed by atoms with Crippen LogP contribution in [-0.2, 0) is 18.3 Å². The van der Waals surface area contributed by atoms with Crippen molar-refractivity contribution >= 4 is 27.5 Å². The number of hydrogen-bond acceptors (Lipinski definition) is 4. The number of aromatic nitrogens is 2. The number of anilines is 1. The molecule has 1 heterocycles. The lowest BCUT2D eigenvalue weighted by Crippen LogP contribution is -2.30. The van der Waals surface area contributed by atoms with Crippen molar-refractivity contribution in [2.24, 2.45) is 7.05 Å². The quantitative estimate of drug-likeness (QED) is 0.605. The van der Waals surface area contributed by atoms with Crippen LogP contribution in [0.25, 0.3) is 11.3 Å². The maximum atomic E-state index is 12.1. The van der Waals surface area contributed by atoms with Gasteiger partial charge in [0.25, 0.3) is 0 Å². The number of rotatable bonds is 6. The number of hydrazine groups is 1. The summed E-state index contributed by atoms with van der Waals surface area (Å²) < 4.78 is 7.83. The summed E-state index contributed by atoms with van der Waals surface area (Å²) in [6.45, 7) is 0. The Bertz CT molecular complexity index is 887. The van der Waals surface area contributed by atoms with Crippen LogP contribution in [0.3, 0.4) is 0 Å². The van der Waals surface area contributed by atoms with E-state index in [1.54, 1.807) is 18.0 Å². The summed E-state index contributed by atoms with van der Waals surface area (Å²) >= 11 is 3.51. The molecule has 0 aliphatic rings. The number of ether oxygens (including phenoxy) is 1. The van der Waals surface area contributed by atoms with Gasteiger partial charge in [-0.3, -0.25) is 20.3 Å². The van der Waals surface area contributed by atoms with Gasteiger partial charge in [0.1, 0.15) is 5.75 Å². The molecule has 2 N–H and O–H groups in total. The Morgan fingerprint density at radius 3 is 2.65 bits per heavy atom. The molecule has 2 aromatic carbocycles. The van der Waals surface area contributed by atoms with Gasteiger partial charge in [-0.1, -0.05) is 24.3 Å². The lowest BCUT2D eigenvalue weighted by Gasteiger charge is -2.11. The summed E-state index contributed by atoms with van der Waals surface area (Å²) in [6, 6.07) is 15.2. The molecule has 0 aliphatic carbocycles. The predicted molar refractivity (Wildman–Crippen MR) is 105 cm³/mol. The topological polar surface area (TPSA) is 68.2 Å². The fourth-order valence-electron chi connectivity index (χ4n) is 2.59. The molecule has 0 radical (unpaired) electrons. The van der Waals surface area contributed by atoms with E-state index in [1.807, 2.05) is 55.6 Å². The fraction of sp³-hybridized carbons (Fsp3) is 0.158. The van der Waals surface area contributed by atoms with E-state index in [0.717, 1.165) is 32.7 Å². The van der Waals surface area contributed by atoms with E-state index in [0.29, 0.717) is 0 Å². The number of carbonyl (C=O) groups excluding carboxylic acids is 1. The molecule has 6 nitrogen and oxygen atoms in total. The molecule has 0 saturated carbocycles. The molecule has 0 unspecified atom stereocenters. The highest BCUT2D eigenvalue weighted by Crippen LogP contribution is 2.28. The summed E-state index contributed by atoms with van der Waals surface area (Å²) in [5.41, 5.74) is 9.35. The minimum absolute atomic E-state index is 0.123. The molecule has 3 aromatic rings. The van der Waals surface area contributed by atoms with Crippen LogP contribution in [0.2, 0.25) is 0 Å². The number of nitrogens with zero attached hydrogens (tertiary/aromatic N) is 2. The Hall–Kier alpha value is -2.80. The monoisotopic (exact) mass is 414 g/mol. The Kier molecular flexibility index (Phi) is 5.58. The van der Waals surface area contributed by atoms with Crippen molar-refractivity contribution in [3.63, 3.8) is 0 Å². The summed E-state index contributed by atoms with van der Waals surface area (Å²) in [4.78, 5) is 12.1. The van der Waals surface area contributed by atoms with Crippen LogP contribution >= 0.6 is 15.9 Å². The summed E-state index contributed by atoms with van der Waals surface area (Å²) in [5.74, 6) is 0.646. The Morgan fingerprint density at radius 1 is 1.23 bits per heavy atom. The molecular formula is C19H19BrN4O2. The molecule has 26 heavy (non-hydrogen) atoms. The summed E-state index contributed by atoms with van der Waals surface area (Å²) in [6.07, 6.45) is 2.04. The van der Waals surface area contributed by atoms with Gasteiger partial charge < -0.3 is 4.74 Å². The van der Waals surface area contributed by atoms with Crippen LogP contribution in [-0.4, -0.2) is 22.8 Å². The number of benzene rings is 2. The number of carbonyl (C=O) groups is 1. The Balaban J connectivity index is 1.62. The largest absolute Gasteiger partial charge is 0.497 e. The van der Waals surface area contributed by atoms with Crippen LogP contribution in [0.15, 0.2) is 59.2 Å². The molecule has 7 heteroatoms. The Morgan fingerprint density at radius 2 is 2.00 bits per heavy atom. The zero-order chi connectivity index (χ0) is 18.5. The zero-order valence-electron chi connectivity index (χ0n) is 14.5. The highest BCUT2D eigenvalue weighted by Gasteiger charge is 2.09. The van der Waals surface area contributed by atoms with E-state index in [9.17, 15) is 4.79 Å². The van der Waals surface area contributed by atoms with Crippen molar-refractivity contribution in [2.75, 3.05) is 12.5 Å². The van der Waals surface area contributed by atoms with E-state index < -0.39 is 0 Å². The van der Waals surface area contributed by atoms with Crippen LogP contribution in [0.4, 0.5) is 5.69 Å². The lowest BCUT2D eigenvalue weighted by atomic mass is 10.1. The third kappa shape index (κ3) is 4.23. The average molecular weight is 415 g/mol. The SMILES string of the molecule is COc1ccc(CC(=O)NNc2cccc(-c3c(Br)cnn3C)c2)cc1. The van der Waals surface area contributed by atoms with Crippen molar-refractivity contribution in [3.05, 3.63) is 64.8 Å². The first-order valence-corrected chi connectivity index (χ1v) is 8.82. The molecule has 134 valence electrons. The molecular weight excluding hydrogens is 396 g/mol. The predicted octanol–water partition coefficient (Wildman–Crippen LogP) is 3.54. The van der Waals surface area contributed by atoms with Crippen molar-refractivity contribution in [1.82, 2.24) is 15.2 Å².